The van der Waals surface area contributed by atoms with Gasteiger partial charge in [-0.2, -0.15) is 0 Å². The van der Waals surface area contributed by atoms with Crippen molar-refractivity contribution in [1.29, 1.82) is 0 Å². The lowest BCUT2D eigenvalue weighted by molar-refractivity contribution is -0.137. The minimum absolute atomic E-state index is 0.125. The standard InChI is InChI=1S/C25H24O2/c1-17-8-5-12-20(16-17)22-14-6-10-19-11-7-15-23(24(19)22)27-25(26)21-13-4-3-9-18(21)2/h5-12,14-16,21H,3-4,13H2,1-2H3. The van der Waals surface area contributed by atoms with Gasteiger partial charge in [0.2, 0.25) is 0 Å². The van der Waals surface area contributed by atoms with E-state index in [1.807, 2.05) is 19.1 Å². The number of carbonyl (C=O) groups excluding carboxylic acids is 1. The molecule has 4 rings (SSSR count). The van der Waals surface area contributed by atoms with Gasteiger partial charge in [0.1, 0.15) is 5.75 Å². The summed E-state index contributed by atoms with van der Waals surface area (Å²) in [6.07, 6.45) is 5.13. The van der Waals surface area contributed by atoms with Crippen molar-refractivity contribution in [1.82, 2.24) is 0 Å². The smallest absolute Gasteiger partial charge is 0.318 e. The number of allylic oxidation sites excluding steroid dienone is 1. The monoisotopic (exact) mass is 356 g/mol. The molecule has 0 radical (unpaired) electrons. The highest BCUT2D eigenvalue weighted by Crippen LogP contribution is 2.36. The zero-order chi connectivity index (χ0) is 18.8. The third kappa shape index (κ3) is 3.52. The first-order valence-electron chi connectivity index (χ1n) is 9.60. The van der Waals surface area contributed by atoms with Crippen molar-refractivity contribution in [3.05, 3.63) is 77.9 Å². The first-order chi connectivity index (χ1) is 13.1. The van der Waals surface area contributed by atoms with Crippen LogP contribution in [0.15, 0.2) is 72.3 Å². The maximum absolute atomic E-state index is 12.9. The molecule has 27 heavy (non-hydrogen) atoms. The SMILES string of the molecule is CC1=CCCCC1C(=O)Oc1cccc2cccc(-c3cccc(C)c3)c12. The molecule has 2 nitrogen and oxygen atoms in total. The quantitative estimate of drug-likeness (QED) is 0.305. The van der Waals surface area contributed by atoms with Crippen molar-refractivity contribution >= 4 is 16.7 Å². The molecule has 1 aliphatic carbocycles. The molecular formula is C25H24O2. The molecule has 1 aliphatic rings. The number of fused-ring (bicyclic) bond motifs is 1. The summed E-state index contributed by atoms with van der Waals surface area (Å²) in [5, 5.41) is 2.08. The van der Waals surface area contributed by atoms with Crippen LogP contribution in [0.4, 0.5) is 0 Å². The minimum Gasteiger partial charge on any atom is -0.425 e. The number of carbonyl (C=O) groups is 1. The molecule has 0 fully saturated rings. The van der Waals surface area contributed by atoms with Crippen molar-refractivity contribution < 1.29 is 9.53 Å². The zero-order valence-electron chi connectivity index (χ0n) is 15.9. The highest BCUT2D eigenvalue weighted by molar-refractivity contribution is 6.02. The summed E-state index contributed by atoms with van der Waals surface area (Å²) in [5.74, 6) is 0.378. The van der Waals surface area contributed by atoms with Gasteiger partial charge in [-0.25, -0.2) is 0 Å². The summed E-state index contributed by atoms with van der Waals surface area (Å²) >= 11 is 0. The van der Waals surface area contributed by atoms with Gasteiger partial charge in [0.05, 0.1) is 5.92 Å². The van der Waals surface area contributed by atoms with Gasteiger partial charge in [0.15, 0.2) is 0 Å². The Hall–Kier alpha value is -2.87. The first-order valence-corrected chi connectivity index (χ1v) is 9.60. The van der Waals surface area contributed by atoms with Crippen molar-refractivity contribution in [3.63, 3.8) is 0 Å². The first kappa shape index (κ1) is 17.5. The normalized spacial score (nSPS) is 16.8. The summed E-state index contributed by atoms with van der Waals surface area (Å²) in [5.41, 5.74) is 4.57. The second kappa shape index (κ2) is 7.40. The van der Waals surface area contributed by atoms with E-state index in [1.54, 1.807) is 0 Å². The molecule has 0 bridgehead atoms. The van der Waals surface area contributed by atoms with Crippen molar-refractivity contribution in [3.8, 4) is 16.9 Å². The van der Waals surface area contributed by atoms with Crippen LogP contribution in [0.5, 0.6) is 5.75 Å². The van der Waals surface area contributed by atoms with Gasteiger partial charge in [-0.1, -0.05) is 71.8 Å². The summed E-state index contributed by atoms with van der Waals surface area (Å²) in [6.45, 7) is 4.13. The predicted molar refractivity (Wildman–Crippen MR) is 111 cm³/mol. The zero-order valence-corrected chi connectivity index (χ0v) is 15.9. The molecule has 0 aliphatic heterocycles. The van der Waals surface area contributed by atoms with Gasteiger partial charge in [0.25, 0.3) is 0 Å². The van der Waals surface area contributed by atoms with Crippen LogP contribution in [0.3, 0.4) is 0 Å². The van der Waals surface area contributed by atoms with E-state index in [4.69, 9.17) is 4.74 Å². The molecule has 0 saturated heterocycles. The van der Waals surface area contributed by atoms with E-state index in [-0.39, 0.29) is 11.9 Å². The Morgan fingerprint density at radius 3 is 2.56 bits per heavy atom. The van der Waals surface area contributed by atoms with Gasteiger partial charge >= 0.3 is 5.97 Å². The van der Waals surface area contributed by atoms with Gasteiger partial charge in [-0.3, -0.25) is 4.79 Å². The van der Waals surface area contributed by atoms with Crippen LogP contribution in [-0.2, 0) is 4.79 Å². The van der Waals surface area contributed by atoms with Gasteiger partial charge in [-0.05, 0) is 55.7 Å². The fourth-order valence-electron chi connectivity index (χ4n) is 3.95. The molecule has 1 unspecified atom stereocenters. The molecule has 3 aromatic carbocycles. The lowest BCUT2D eigenvalue weighted by Gasteiger charge is -2.21. The fraction of sp³-hybridized carbons (Fsp3) is 0.240. The highest BCUT2D eigenvalue weighted by atomic mass is 16.5. The van der Waals surface area contributed by atoms with Crippen molar-refractivity contribution in [2.45, 2.75) is 33.1 Å². The summed E-state index contributed by atoms with van der Waals surface area (Å²) in [4.78, 5) is 12.9. The third-order valence-electron chi connectivity index (χ3n) is 5.40. The molecule has 0 N–H and O–H groups in total. The van der Waals surface area contributed by atoms with E-state index in [0.29, 0.717) is 5.75 Å². The molecule has 0 amide bonds. The Morgan fingerprint density at radius 1 is 1.00 bits per heavy atom. The average Bonchev–Trinajstić information content (AvgIpc) is 2.68. The molecule has 136 valence electrons. The third-order valence-corrected chi connectivity index (χ3v) is 5.40. The Morgan fingerprint density at radius 2 is 1.78 bits per heavy atom. The van der Waals surface area contributed by atoms with Crippen LogP contribution in [0.25, 0.3) is 21.9 Å². The maximum atomic E-state index is 12.9. The minimum atomic E-state index is -0.144. The predicted octanol–water partition coefficient (Wildman–Crippen LogP) is 6.47. The largest absolute Gasteiger partial charge is 0.425 e. The number of aryl methyl sites for hydroxylation is 1. The summed E-state index contributed by atoms with van der Waals surface area (Å²) < 4.78 is 5.95. The van der Waals surface area contributed by atoms with Gasteiger partial charge < -0.3 is 4.74 Å². The number of rotatable bonds is 3. The second-order valence-corrected chi connectivity index (χ2v) is 7.38. The van der Waals surface area contributed by atoms with Crippen molar-refractivity contribution in [2.75, 3.05) is 0 Å². The van der Waals surface area contributed by atoms with E-state index < -0.39 is 0 Å². The molecule has 2 heteroatoms. The maximum Gasteiger partial charge on any atom is 0.318 e. The van der Waals surface area contributed by atoms with E-state index in [0.717, 1.165) is 46.7 Å². The lowest BCUT2D eigenvalue weighted by Crippen LogP contribution is -2.23. The van der Waals surface area contributed by atoms with Crippen LogP contribution in [0.1, 0.15) is 31.7 Å². The van der Waals surface area contributed by atoms with E-state index in [9.17, 15) is 4.79 Å². The van der Waals surface area contributed by atoms with Crippen LogP contribution in [0, 0.1) is 12.8 Å². The van der Waals surface area contributed by atoms with Crippen LogP contribution >= 0.6 is 0 Å². The van der Waals surface area contributed by atoms with Gasteiger partial charge in [-0.15, -0.1) is 0 Å². The average molecular weight is 356 g/mol. The molecule has 1 atom stereocenters. The molecule has 0 saturated carbocycles. The molecule has 0 heterocycles. The molecule has 3 aromatic rings. The molecular weight excluding hydrogens is 332 g/mol. The lowest BCUT2D eigenvalue weighted by atomic mass is 9.89. The number of hydrogen-bond donors (Lipinski definition) is 0. The Labute approximate surface area is 160 Å². The van der Waals surface area contributed by atoms with E-state index in [2.05, 4.69) is 61.5 Å². The van der Waals surface area contributed by atoms with Gasteiger partial charge in [0, 0.05) is 5.39 Å². The molecule has 0 aromatic heterocycles. The Balaban J connectivity index is 1.78. The van der Waals surface area contributed by atoms with E-state index >= 15 is 0 Å². The second-order valence-electron chi connectivity index (χ2n) is 7.38. The van der Waals surface area contributed by atoms with Crippen LogP contribution in [-0.4, -0.2) is 5.97 Å². The number of benzene rings is 3. The highest BCUT2D eigenvalue weighted by Gasteiger charge is 2.25. The topological polar surface area (TPSA) is 26.3 Å². The number of hydrogen-bond acceptors (Lipinski definition) is 2. The number of esters is 1. The molecule has 0 spiro atoms. The Bertz CT molecular complexity index is 1020. The summed E-state index contributed by atoms with van der Waals surface area (Å²) in [7, 11) is 0. The van der Waals surface area contributed by atoms with Crippen LogP contribution in [0.2, 0.25) is 0 Å². The summed E-state index contributed by atoms with van der Waals surface area (Å²) in [6, 6.07) is 20.6. The van der Waals surface area contributed by atoms with Crippen molar-refractivity contribution in [2.24, 2.45) is 5.92 Å². The number of ether oxygens (including phenoxy) is 1. The fourth-order valence-corrected chi connectivity index (χ4v) is 3.95. The Kier molecular flexibility index (Phi) is 4.81. The van der Waals surface area contributed by atoms with Crippen LogP contribution < -0.4 is 4.74 Å². The van der Waals surface area contributed by atoms with E-state index in [1.165, 1.54) is 5.56 Å².